The molecule has 1 aromatic heterocycles. The quantitative estimate of drug-likeness (QED) is 0.748. The second-order valence-electron chi connectivity index (χ2n) is 4.41. The molecule has 94 valence electrons. The van der Waals surface area contributed by atoms with Gasteiger partial charge in [0.2, 0.25) is 0 Å². The van der Waals surface area contributed by atoms with Gasteiger partial charge in [-0.2, -0.15) is 0 Å². The maximum Gasteiger partial charge on any atom is 0.126 e. The Hall–Kier alpha value is -2.13. The van der Waals surface area contributed by atoms with Crippen LogP contribution in [0.25, 0.3) is 21.8 Å². The summed E-state index contributed by atoms with van der Waals surface area (Å²) in [6.07, 6.45) is 0. The molecule has 0 bridgehead atoms. The minimum atomic E-state index is 0.771. The highest BCUT2D eigenvalue weighted by molar-refractivity contribution is 7.19. The fourth-order valence-corrected chi connectivity index (χ4v) is 2.92. The first-order valence-electron chi connectivity index (χ1n) is 6.13. The maximum atomic E-state index is 6.14. The molecule has 1 heterocycles. The Kier molecular flexibility index (Phi) is 3.05. The number of aryl methyl sites for hydroxylation is 1. The Bertz CT molecular complexity index is 702. The van der Waals surface area contributed by atoms with Crippen molar-refractivity contribution < 1.29 is 0 Å². The fourth-order valence-electron chi connectivity index (χ4n) is 2.07. The van der Waals surface area contributed by atoms with Gasteiger partial charge in [0.05, 0.1) is 0 Å². The van der Waals surface area contributed by atoms with E-state index >= 15 is 0 Å². The number of thiazole rings is 1. The molecule has 3 rings (SSSR count). The molecule has 0 amide bonds. The molecule has 0 aliphatic rings. The van der Waals surface area contributed by atoms with Crippen molar-refractivity contribution in [2.75, 3.05) is 5.73 Å². The third kappa shape index (κ3) is 2.25. The minimum absolute atomic E-state index is 0.771. The van der Waals surface area contributed by atoms with Crippen LogP contribution in [0.15, 0.2) is 54.6 Å². The molecule has 2 N–H and O–H groups in total. The summed E-state index contributed by atoms with van der Waals surface area (Å²) in [5.41, 5.74) is 10.4. The highest BCUT2D eigenvalue weighted by Gasteiger charge is 2.13. The van der Waals surface area contributed by atoms with Crippen molar-refractivity contribution in [2.24, 2.45) is 0 Å². The number of rotatable bonds is 2. The molecule has 0 aliphatic carbocycles. The topological polar surface area (TPSA) is 38.9 Å². The molecule has 2 aromatic carbocycles. The van der Waals surface area contributed by atoms with E-state index in [0.29, 0.717) is 0 Å². The Morgan fingerprint density at radius 1 is 0.947 bits per heavy atom. The molecule has 2 nitrogen and oxygen atoms in total. The van der Waals surface area contributed by atoms with E-state index in [9.17, 15) is 0 Å². The van der Waals surface area contributed by atoms with Crippen molar-refractivity contribution >= 4 is 16.3 Å². The molecular weight excluding hydrogens is 252 g/mol. The zero-order chi connectivity index (χ0) is 13.2. The van der Waals surface area contributed by atoms with Crippen LogP contribution in [0.2, 0.25) is 0 Å². The van der Waals surface area contributed by atoms with Crippen molar-refractivity contribution in [1.29, 1.82) is 0 Å². The van der Waals surface area contributed by atoms with Gasteiger partial charge >= 0.3 is 0 Å². The summed E-state index contributed by atoms with van der Waals surface area (Å²) in [5.74, 6) is 0. The number of anilines is 1. The molecule has 3 aromatic rings. The lowest BCUT2D eigenvalue weighted by Crippen LogP contribution is -1.88. The van der Waals surface area contributed by atoms with Gasteiger partial charge in [-0.25, -0.2) is 4.98 Å². The lowest BCUT2D eigenvalue weighted by Gasteiger charge is -2.02. The van der Waals surface area contributed by atoms with Crippen LogP contribution in [-0.2, 0) is 0 Å². The van der Waals surface area contributed by atoms with E-state index in [-0.39, 0.29) is 0 Å². The number of aromatic nitrogens is 1. The predicted molar refractivity (Wildman–Crippen MR) is 82.1 cm³/mol. The van der Waals surface area contributed by atoms with E-state index in [1.165, 1.54) is 16.9 Å². The largest absolute Gasteiger partial charge is 0.389 e. The minimum Gasteiger partial charge on any atom is -0.389 e. The van der Waals surface area contributed by atoms with E-state index < -0.39 is 0 Å². The summed E-state index contributed by atoms with van der Waals surface area (Å²) in [6, 6.07) is 18.3. The van der Waals surface area contributed by atoms with E-state index in [2.05, 4.69) is 31.2 Å². The molecule has 0 saturated heterocycles. The van der Waals surface area contributed by atoms with E-state index in [1.54, 1.807) is 0 Å². The fraction of sp³-hybridized carbons (Fsp3) is 0.0625. The van der Waals surface area contributed by atoms with Crippen molar-refractivity contribution in [3.05, 3.63) is 60.2 Å². The van der Waals surface area contributed by atoms with Crippen molar-refractivity contribution in [3.63, 3.8) is 0 Å². The summed E-state index contributed by atoms with van der Waals surface area (Å²) in [6.45, 7) is 2.08. The van der Waals surface area contributed by atoms with Gasteiger partial charge in [-0.15, -0.1) is 0 Å². The highest BCUT2D eigenvalue weighted by Crippen LogP contribution is 2.36. The number of nitrogen functional groups attached to an aromatic ring is 1. The standard InChI is InChI=1S/C16H14N2S/c1-11-7-5-6-10-13(11)14-15(17)19-16(18-14)12-8-3-2-4-9-12/h2-10H,17H2,1H3. The first kappa shape index (κ1) is 11.9. The van der Waals surface area contributed by atoms with Crippen LogP contribution in [0.5, 0.6) is 0 Å². The van der Waals surface area contributed by atoms with E-state index in [1.807, 2.05) is 30.3 Å². The second kappa shape index (κ2) is 4.86. The summed E-state index contributed by atoms with van der Waals surface area (Å²) < 4.78 is 0. The highest BCUT2D eigenvalue weighted by atomic mass is 32.1. The van der Waals surface area contributed by atoms with Crippen molar-refractivity contribution in [1.82, 2.24) is 4.98 Å². The van der Waals surface area contributed by atoms with Crippen LogP contribution >= 0.6 is 11.3 Å². The molecule has 3 heteroatoms. The molecule has 0 radical (unpaired) electrons. The van der Waals surface area contributed by atoms with Gasteiger partial charge in [-0.05, 0) is 12.5 Å². The lowest BCUT2D eigenvalue weighted by atomic mass is 10.1. The molecule has 0 atom stereocenters. The second-order valence-corrected chi connectivity index (χ2v) is 5.44. The zero-order valence-electron chi connectivity index (χ0n) is 10.6. The number of hydrogen-bond donors (Lipinski definition) is 1. The predicted octanol–water partition coefficient (Wildman–Crippen LogP) is 4.37. The first-order valence-corrected chi connectivity index (χ1v) is 6.95. The van der Waals surface area contributed by atoms with Gasteiger partial charge in [0.15, 0.2) is 0 Å². The van der Waals surface area contributed by atoms with Crippen LogP contribution in [0.3, 0.4) is 0 Å². The Morgan fingerprint density at radius 2 is 1.63 bits per heavy atom. The SMILES string of the molecule is Cc1ccccc1-c1nc(-c2ccccc2)sc1N. The van der Waals surface area contributed by atoms with Gasteiger partial charge in [0.25, 0.3) is 0 Å². The zero-order valence-corrected chi connectivity index (χ0v) is 11.4. The first-order chi connectivity index (χ1) is 9.25. The normalized spacial score (nSPS) is 10.6. The third-order valence-electron chi connectivity index (χ3n) is 3.07. The van der Waals surface area contributed by atoms with Crippen LogP contribution in [0.1, 0.15) is 5.56 Å². The molecule has 0 fully saturated rings. The number of hydrogen-bond acceptors (Lipinski definition) is 3. The number of benzene rings is 2. The average Bonchev–Trinajstić information content (AvgIpc) is 2.82. The van der Waals surface area contributed by atoms with Gasteiger partial charge in [0, 0.05) is 11.1 Å². The Labute approximate surface area is 116 Å². The van der Waals surface area contributed by atoms with E-state index in [4.69, 9.17) is 10.7 Å². The van der Waals surface area contributed by atoms with Crippen LogP contribution < -0.4 is 5.73 Å². The summed E-state index contributed by atoms with van der Waals surface area (Å²) in [4.78, 5) is 4.70. The van der Waals surface area contributed by atoms with Gasteiger partial charge in [0.1, 0.15) is 15.7 Å². The van der Waals surface area contributed by atoms with Gasteiger partial charge in [-0.1, -0.05) is 65.9 Å². The molecule has 0 aliphatic heterocycles. The van der Waals surface area contributed by atoms with Crippen LogP contribution in [0, 0.1) is 6.92 Å². The van der Waals surface area contributed by atoms with E-state index in [0.717, 1.165) is 26.8 Å². The smallest absolute Gasteiger partial charge is 0.126 e. The molecule has 19 heavy (non-hydrogen) atoms. The molecular formula is C16H14N2S. The average molecular weight is 266 g/mol. The van der Waals surface area contributed by atoms with Gasteiger partial charge in [-0.3, -0.25) is 0 Å². The molecule has 0 saturated carbocycles. The van der Waals surface area contributed by atoms with Crippen molar-refractivity contribution in [3.8, 4) is 21.8 Å². The monoisotopic (exact) mass is 266 g/mol. The lowest BCUT2D eigenvalue weighted by molar-refractivity contribution is 1.37. The van der Waals surface area contributed by atoms with Crippen molar-refractivity contribution in [2.45, 2.75) is 6.92 Å². The van der Waals surface area contributed by atoms with Gasteiger partial charge < -0.3 is 5.73 Å². The molecule has 0 spiro atoms. The summed E-state index contributed by atoms with van der Waals surface area (Å²) >= 11 is 1.54. The van der Waals surface area contributed by atoms with Crippen LogP contribution in [-0.4, -0.2) is 4.98 Å². The van der Waals surface area contributed by atoms with Crippen LogP contribution in [0.4, 0.5) is 5.00 Å². The Morgan fingerprint density at radius 3 is 2.37 bits per heavy atom. The summed E-state index contributed by atoms with van der Waals surface area (Å²) in [5, 5.41) is 1.74. The molecule has 0 unspecified atom stereocenters. The third-order valence-corrected chi connectivity index (χ3v) is 4.01. The Balaban J connectivity index is 2.11. The maximum absolute atomic E-state index is 6.14. The number of nitrogens with two attached hydrogens (primary N) is 1. The summed E-state index contributed by atoms with van der Waals surface area (Å²) in [7, 11) is 0. The number of nitrogens with zero attached hydrogens (tertiary/aromatic N) is 1.